The normalized spacial score (nSPS) is 11.5. The lowest BCUT2D eigenvalue weighted by Gasteiger charge is -2.18. The number of rotatable bonds is 22. The van der Waals surface area contributed by atoms with Crippen LogP contribution in [-0.4, -0.2) is 13.2 Å². The lowest BCUT2D eigenvalue weighted by Crippen LogP contribution is -2.02. The Labute approximate surface area is 276 Å². The van der Waals surface area contributed by atoms with E-state index >= 15 is 0 Å². The summed E-state index contributed by atoms with van der Waals surface area (Å²) in [6, 6.07) is 18.0. The van der Waals surface area contributed by atoms with Crippen molar-refractivity contribution in [2.45, 2.75) is 130 Å². The topological polar surface area (TPSA) is 18.5 Å². The fraction of sp³-hybridized carbons (Fsp3) is 0.550. The highest BCUT2D eigenvalue weighted by Crippen LogP contribution is 2.45. The van der Waals surface area contributed by atoms with Gasteiger partial charge in [0.15, 0.2) is 0 Å². The molecule has 2 nitrogen and oxygen atoms in total. The standard InChI is InChI=1S/C40H56O2S2/c1-5-7-9-11-13-15-17-19-29-41-39-31(3)21-23-34-33(39)24-25-35(36-27-28-38(44-36)37-26-22-32(4)43-37)40(34)42-30-20-18-16-14-12-10-8-6-2/h21-28H,5-20,29-30H2,1-4H3. The van der Waals surface area contributed by atoms with E-state index in [1.54, 1.807) is 0 Å². The second-order valence-corrected chi connectivity index (χ2v) is 14.8. The van der Waals surface area contributed by atoms with Crippen LogP contribution in [0.4, 0.5) is 0 Å². The molecule has 0 saturated carbocycles. The van der Waals surface area contributed by atoms with Crippen molar-refractivity contribution in [1.29, 1.82) is 0 Å². The maximum Gasteiger partial charge on any atom is 0.135 e. The largest absolute Gasteiger partial charge is 0.493 e. The van der Waals surface area contributed by atoms with Gasteiger partial charge in [-0.2, -0.15) is 0 Å². The first-order valence-electron chi connectivity index (χ1n) is 17.6. The monoisotopic (exact) mass is 632 g/mol. The Morgan fingerprint density at radius 2 is 0.932 bits per heavy atom. The summed E-state index contributed by atoms with van der Waals surface area (Å²) in [5, 5.41) is 2.34. The van der Waals surface area contributed by atoms with Gasteiger partial charge in [0, 0.05) is 35.8 Å². The third-order valence-electron chi connectivity index (χ3n) is 8.64. The molecule has 4 aromatic rings. The van der Waals surface area contributed by atoms with Crippen molar-refractivity contribution >= 4 is 33.4 Å². The van der Waals surface area contributed by atoms with Crippen LogP contribution in [0.15, 0.2) is 48.5 Å². The average molecular weight is 633 g/mol. The van der Waals surface area contributed by atoms with Crippen LogP contribution in [0.2, 0.25) is 0 Å². The van der Waals surface area contributed by atoms with Gasteiger partial charge >= 0.3 is 0 Å². The lowest BCUT2D eigenvalue weighted by atomic mass is 10.0. The molecule has 0 spiro atoms. The molecule has 0 atom stereocenters. The number of hydrogen-bond donors (Lipinski definition) is 0. The van der Waals surface area contributed by atoms with E-state index in [1.165, 1.54) is 131 Å². The third-order valence-corrected chi connectivity index (χ3v) is 11.0. The Morgan fingerprint density at radius 1 is 0.455 bits per heavy atom. The third kappa shape index (κ3) is 10.4. The summed E-state index contributed by atoms with van der Waals surface area (Å²) in [6.45, 7) is 10.5. The second-order valence-electron chi connectivity index (χ2n) is 12.5. The highest BCUT2D eigenvalue weighted by atomic mass is 32.1. The molecule has 2 heterocycles. The summed E-state index contributed by atoms with van der Waals surface area (Å²) in [4.78, 5) is 5.28. The number of benzene rings is 2. The fourth-order valence-electron chi connectivity index (χ4n) is 6.00. The maximum atomic E-state index is 6.72. The molecular formula is C40H56O2S2. The van der Waals surface area contributed by atoms with Crippen LogP contribution in [-0.2, 0) is 0 Å². The molecular weight excluding hydrogens is 577 g/mol. The molecule has 2 aromatic carbocycles. The first-order valence-corrected chi connectivity index (χ1v) is 19.2. The van der Waals surface area contributed by atoms with Crippen LogP contribution >= 0.6 is 22.7 Å². The van der Waals surface area contributed by atoms with E-state index in [0.717, 1.165) is 37.6 Å². The number of fused-ring (bicyclic) bond motifs is 1. The molecule has 0 unspecified atom stereocenters. The van der Waals surface area contributed by atoms with Crippen LogP contribution in [0.25, 0.3) is 31.0 Å². The first kappa shape index (κ1) is 34.6. The number of thiophene rings is 2. The van der Waals surface area contributed by atoms with Crippen molar-refractivity contribution < 1.29 is 9.47 Å². The van der Waals surface area contributed by atoms with Gasteiger partial charge in [0.1, 0.15) is 11.5 Å². The van der Waals surface area contributed by atoms with E-state index in [4.69, 9.17) is 9.47 Å². The Bertz CT molecular complexity index is 1380. The molecule has 0 aliphatic heterocycles. The maximum absolute atomic E-state index is 6.72. The van der Waals surface area contributed by atoms with Crippen molar-refractivity contribution in [3.8, 4) is 31.7 Å². The van der Waals surface area contributed by atoms with Crippen molar-refractivity contribution in [3.63, 3.8) is 0 Å². The highest BCUT2D eigenvalue weighted by molar-refractivity contribution is 7.23. The van der Waals surface area contributed by atoms with E-state index in [9.17, 15) is 0 Å². The zero-order valence-corrected chi connectivity index (χ0v) is 29.6. The minimum atomic E-state index is 0.756. The van der Waals surface area contributed by atoms with Gasteiger partial charge in [0.25, 0.3) is 0 Å². The van der Waals surface area contributed by atoms with Gasteiger partial charge in [0.05, 0.1) is 13.2 Å². The Kier molecular flexibility index (Phi) is 15.1. The molecule has 0 fully saturated rings. The zero-order valence-electron chi connectivity index (χ0n) is 28.0. The lowest BCUT2D eigenvalue weighted by molar-refractivity contribution is 0.304. The van der Waals surface area contributed by atoms with Crippen molar-refractivity contribution in [1.82, 2.24) is 0 Å². The summed E-state index contributed by atoms with van der Waals surface area (Å²) in [7, 11) is 0. The molecule has 44 heavy (non-hydrogen) atoms. The second kappa shape index (κ2) is 19.3. The number of unbranched alkanes of at least 4 members (excludes halogenated alkanes) is 14. The van der Waals surface area contributed by atoms with E-state index in [0.29, 0.717) is 0 Å². The van der Waals surface area contributed by atoms with Crippen molar-refractivity contribution in [2.75, 3.05) is 13.2 Å². The summed E-state index contributed by atoms with van der Waals surface area (Å²) in [6.07, 6.45) is 20.9. The van der Waals surface area contributed by atoms with E-state index in [-0.39, 0.29) is 0 Å². The fourth-order valence-corrected chi connectivity index (χ4v) is 7.99. The Balaban J connectivity index is 1.47. The molecule has 2 aromatic heterocycles. The molecule has 0 aliphatic carbocycles. The number of aryl methyl sites for hydroxylation is 2. The molecule has 240 valence electrons. The van der Waals surface area contributed by atoms with Gasteiger partial charge in [-0.1, -0.05) is 116 Å². The molecule has 4 heteroatoms. The molecule has 0 radical (unpaired) electrons. The van der Waals surface area contributed by atoms with Crippen LogP contribution in [0.5, 0.6) is 11.5 Å². The highest BCUT2D eigenvalue weighted by Gasteiger charge is 2.17. The van der Waals surface area contributed by atoms with Gasteiger partial charge in [-0.05, 0) is 68.7 Å². The van der Waals surface area contributed by atoms with Crippen LogP contribution in [0.3, 0.4) is 0 Å². The van der Waals surface area contributed by atoms with Gasteiger partial charge < -0.3 is 9.47 Å². The molecule has 0 N–H and O–H groups in total. The summed E-state index contributed by atoms with van der Waals surface area (Å²) in [5.41, 5.74) is 2.39. The summed E-state index contributed by atoms with van der Waals surface area (Å²) < 4.78 is 13.2. The van der Waals surface area contributed by atoms with Gasteiger partial charge in [0.2, 0.25) is 0 Å². The SMILES string of the molecule is CCCCCCCCCCOc1c(C)ccc2c(OCCCCCCCCCC)c(-c3ccc(-c4ccc(C)s4)s3)ccc12. The van der Waals surface area contributed by atoms with E-state index < -0.39 is 0 Å². The summed E-state index contributed by atoms with van der Waals surface area (Å²) >= 11 is 3.73. The molecule has 0 aliphatic rings. The van der Waals surface area contributed by atoms with Gasteiger partial charge in [-0.15, -0.1) is 22.7 Å². The van der Waals surface area contributed by atoms with Gasteiger partial charge in [-0.25, -0.2) is 0 Å². The Hall–Kier alpha value is -2.30. The van der Waals surface area contributed by atoms with E-state index in [2.05, 4.69) is 76.2 Å². The predicted molar refractivity (Wildman–Crippen MR) is 196 cm³/mol. The predicted octanol–water partition coefficient (Wildman–Crippen LogP) is 14.0. The molecule has 4 rings (SSSR count). The smallest absolute Gasteiger partial charge is 0.135 e. The number of hydrogen-bond acceptors (Lipinski definition) is 4. The van der Waals surface area contributed by atoms with Crippen LogP contribution in [0, 0.1) is 13.8 Å². The van der Waals surface area contributed by atoms with Crippen molar-refractivity contribution in [3.05, 3.63) is 59.0 Å². The molecule has 0 amide bonds. The van der Waals surface area contributed by atoms with Crippen molar-refractivity contribution in [2.24, 2.45) is 0 Å². The molecule has 0 bridgehead atoms. The number of ether oxygens (including phenoxy) is 2. The average Bonchev–Trinajstić information content (AvgIpc) is 3.69. The quantitative estimate of drug-likeness (QED) is 0.0803. The van der Waals surface area contributed by atoms with Crippen LogP contribution < -0.4 is 9.47 Å². The van der Waals surface area contributed by atoms with Gasteiger partial charge in [-0.3, -0.25) is 0 Å². The summed E-state index contributed by atoms with van der Waals surface area (Å²) in [5.74, 6) is 2.04. The molecule has 0 saturated heterocycles. The Morgan fingerprint density at radius 3 is 1.52 bits per heavy atom. The first-order chi connectivity index (χ1) is 21.6. The zero-order chi connectivity index (χ0) is 31.0. The minimum absolute atomic E-state index is 0.756. The van der Waals surface area contributed by atoms with E-state index in [1.807, 2.05) is 22.7 Å². The van der Waals surface area contributed by atoms with Crippen LogP contribution in [0.1, 0.15) is 127 Å². The minimum Gasteiger partial charge on any atom is -0.493 e.